The molecule has 0 radical (unpaired) electrons. The van der Waals surface area contributed by atoms with Crippen molar-refractivity contribution in [3.63, 3.8) is 0 Å². The molecule has 4 nitrogen and oxygen atoms in total. The van der Waals surface area contributed by atoms with Crippen LogP contribution in [0.25, 0.3) is 0 Å². The normalized spacial score (nSPS) is 12.0. The van der Waals surface area contributed by atoms with Gasteiger partial charge in [-0.15, -0.1) is 0 Å². The second-order valence-corrected chi connectivity index (χ2v) is 7.02. The molecule has 1 atom stereocenters. The smallest absolute Gasteiger partial charge is 0.237 e. The van der Waals surface area contributed by atoms with Gasteiger partial charge in [-0.3, -0.25) is 9.69 Å². The average Bonchev–Trinajstić information content (AvgIpc) is 2.63. The molecule has 25 heavy (non-hydrogen) atoms. The molecule has 0 fully saturated rings. The van der Waals surface area contributed by atoms with E-state index in [0.29, 0.717) is 6.54 Å². The Balaban J connectivity index is 1.77. The van der Waals surface area contributed by atoms with E-state index in [1.165, 1.54) is 11.1 Å². The van der Waals surface area contributed by atoms with Crippen LogP contribution in [0.15, 0.2) is 53.0 Å². The number of halogens is 1. The van der Waals surface area contributed by atoms with Crippen molar-refractivity contribution in [3.8, 4) is 5.75 Å². The first-order valence-electron chi connectivity index (χ1n) is 8.35. The van der Waals surface area contributed by atoms with E-state index in [1.54, 1.807) is 7.11 Å². The van der Waals surface area contributed by atoms with Crippen molar-refractivity contribution in [2.45, 2.75) is 25.9 Å². The summed E-state index contributed by atoms with van der Waals surface area (Å²) in [6.07, 6.45) is 0.804. The lowest BCUT2D eigenvalue weighted by Crippen LogP contribution is -2.43. The zero-order chi connectivity index (χ0) is 18.2. The van der Waals surface area contributed by atoms with Crippen LogP contribution in [0.2, 0.25) is 0 Å². The van der Waals surface area contributed by atoms with E-state index < -0.39 is 0 Å². The summed E-state index contributed by atoms with van der Waals surface area (Å²) in [5, 5.41) is 3.02. The largest absolute Gasteiger partial charge is 0.497 e. The van der Waals surface area contributed by atoms with Gasteiger partial charge in [0, 0.05) is 17.6 Å². The molecule has 0 aliphatic carbocycles. The predicted octanol–water partition coefficient (Wildman–Crippen LogP) is 3.64. The lowest BCUT2D eigenvalue weighted by atomic mass is 10.1. The van der Waals surface area contributed by atoms with E-state index in [1.807, 2.05) is 55.3 Å². The Morgan fingerprint density at radius 3 is 2.32 bits per heavy atom. The first kappa shape index (κ1) is 19.5. The van der Waals surface area contributed by atoms with Gasteiger partial charge in [0.1, 0.15) is 5.75 Å². The monoisotopic (exact) mass is 404 g/mol. The average molecular weight is 405 g/mol. The second kappa shape index (κ2) is 9.59. The topological polar surface area (TPSA) is 41.6 Å². The standard InChI is InChI=1S/C20H25BrN2O2/c1-15(23(2)14-17-4-8-18(21)9-5-17)20(24)22-13-12-16-6-10-19(25-3)11-7-16/h4-11,15H,12-14H2,1-3H3,(H,22,24). The summed E-state index contributed by atoms with van der Waals surface area (Å²) in [5.41, 5.74) is 2.36. The molecular formula is C20H25BrN2O2. The number of rotatable bonds is 8. The fourth-order valence-electron chi connectivity index (χ4n) is 2.48. The molecule has 1 N–H and O–H groups in total. The molecule has 0 aliphatic rings. The minimum atomic E-state index is -0.181. The van der Waals surface area contributed by atoms with E-state index in [4.69, 9.17) is 4.74 Å². The third-order valence-electron chi connectivity index (χ3n) is 4.26. The van der Waals surface area contributed by atoms with Gasteiger partial charge < -0.3 is 10.1 Å². The first-order chi connectivity index (χ1) is 12.0. The highest BCUT2D eigenvalue weighted by Gasteiger charge is 2.17. The number of likely N-dealkylation sites (N-methyl/N-ethyl adjacent to an activating group) is 1. The maximum Gasteiger partial charge on any atom is 0.237 e. The lowest BCUT2D eigenvalue weighted by Gasteiger charge is -2.24. The molecule has 0 saturated carbocycles. The molecule has 1 amide bonds. The zero-order valence-corrected chi connectivity index (χ0v) is 16.5. The van der Waals surface area contributed by atoms with Gasteiger partial charge >= 0.3 is 0 Å². The lowest BCUT2D eigenvalue weighted by molar-refractivity contribution is -0.125. The number of ether oxygens (including phenoxy) is 1. The van der Waals surface area contributed by atoms with Crippen LogP contribution < -0.4 is 10.1 Å². The molecule has 0 heterocycles. The Kier molecular flexibility index (Phi) is 7.47. The quantitative estimate of drug-likeness (QED) is 0.729. The van der Waals surface area contributed by atoms with Gasteiger partial charge in [0.15, 0.2) is 0 Å². The van der Waals surface area contributed by atoms with Crippen molar-refractivity contribution in [1.82, 2.24) is 10.2 Å². The van der Waals surface area contributed by atoms with Crippen LogP contribution in [0, 0.1) is 0 Å². The van der Waals surface area contributed by atoms with Gasteiger partial charge in [-0.05, 0) is 55.8 Å². The molecule has 134 valence electrons. The Labute approximate surface area is 158 Å². The van der Waals surface area contributed by atoms with Gasteiger partial charge in [0.05, 0.1) is 13.2 Å². The molecule has 0 saturated heterocycles. The zero-order valence-electron chi connectivity index (χ0n) is 15.0. The SMILES string of the molecule is COc1ccc(CCNC(=O)C(C)N(C)Cc2ccc(Br)cc2)cc1. The Morgan fingerprint density at radius 1 is 1.12 bits per heavy atom. The number of carbonyl (C=O) groups is 1. The fourth-order valence-corrected chi connectivity index (χ4v) is 2.75. The van der Waals surface area contributed by atoms with Crippen molar-refractivity contribution in [3.05, 3.63) is 64.1 Å². The van der Waals surface area contributed by atoms with Gasteiger partial charge in [-0.1, -0.05) is 40.2 Å². The summed E-state index contributed by atoms with van der Waals surface area (Å²) < 4.78 is 6.21. The van der Waals surface area contributed by atoms with Crippen LogP contribution in [0.3, 0.4) is 0 Å². The van der Waals surface area contributed by atoms with Gasteiger partial charge in [-0.25, -0.2) is 0 Å². The van der Waals surface area contributed by atoms with Crippen LogP contribution in [0.1, 0.15) is 18.1 Å². The molecule has 0 aromatic heterocycles. The number of methoxy groups -OCH3 is 1. The molecule has 2 rings (SSSR count). The number of hydrogen-bond acceptors (Lipinski definition) is 3. The van der Waals surface area contributed by atoms with Gasteiger partial charge in [0.2, 0.25) is 5.91 Å². The highest BCUT2D eigenvalue weighted by Crippen LogP contribution is 2.13. The third-order valence-corrected chi connectivity index (χ3v) is 4.79. The van der Waals surface area contributed by atoms with E-state index in [-0.39, 0.29) is 11.9 Å². The number of hydrogen-bond donors (Lipinski definition) is 1. The van der Waals surface area contributed by atoms with E-state index in [0.717, 1.165) is 23.2 Å². The molecule has 2 aromatic carbocycles. The number of carbonyl (C=O) groups excluding carboxylic acids is 1. The molecule has 0 spiro atoms. The fraction of sp³-hybridized carbons (Fsp3) is 0.350. The highest BCUT2D eigenvalue weighted by molar-refractivity contribution is 9.10. The van der Waals surface area contributed by atoms with Crippen LogP contribution in [0.5, 0.6) is 5.75 Å². The van der Waals surface area contributed by atoms with E-state index in [9.17, 15) is 4.79 Å². The maximum atomic E-state index is 12.3. The summed E-state index contributed by atoms with van der Waals surface area (Å²) in [7, 11) is 3.62. The van der Waals surface area contributed by atoms with Crippen molar-refractivity contribution >= 4 is 21.8 Å². The predicted molar refractivity (Wildman–Crippen MR) is 105 cm³/mol. The molecule has 2 aromatic rings. The van der Waals surface area contributed by atoms with Crippen molar-refractivity contribution < 1.29 is 9.53 Å². The summed E-state index contributed by atoms with van der Waals surface area (Å²) in [4.78, 5) is 14.4. The van der Waals surface area contributed by atoms with E-state index >= 15 is 0 Å². The second-order valence-electron chi connectivity index (χ2n) is 6.11. The number of benzene rings is 2. The number of nitrogens with one attached hydrogen (secondary N) is 1. The maximum absolute atomic E-state index is 12.3. The Bertz CT molecular complexity index is 671. The Hall–Kier alpha value is -1.85. The van der Waals surface area contributed by atoms with Crippen LogP contribution in [-0.2, 0) is 17.8 Å². The summed E-state index contributed by atoms with van der Waals surface area (Å²) in [5.74, 6) is 0.893. The summed E-state index contributed by atoms with van der Waals surface area (Å²) in [6, 6.07) is 15.9. The van der Waals surface area contributed by atoms with Crippen molar-refractivity contribution in [2.24, 2.45) is 0 Å². The van der Waals surface area contributed by atoms with Crippen LogP contribution in [0.4, 0.5) is 0 Å². The highest BCUT2D eigenvalue weighted by atomic mass is 79.9. The minimum Gasteiger partial charge on any atom is -0.497 e. The van der Waals surface area contributed by atoms with Crippen LogP contribution in [-0.4, -0.2) is 37.6 Å². The van der Waals surface area contributed by atoms with Crippen LogP contribution >= 0.6 is 15.9 Å². The first-order valence-corrected chi connectivity index (χ1v) is 9.14. The number of amides is 1. The molecule has 1 unspecified atom stereocenters. The summed E-state index contributed by atoms with van der Waals surface area (Å²) >= 11 is 3.43. The molecule has 0 bridgehead atoms. The van der Waals surface area contributed by atoms with Crippen molar-refractivity contribution in [1.29, 1.82) is 0 Å². The van der Waals surface area contributed by atoms with Crippen molar-refractivity contribution in [2.75, 3.05) is 20.7 Å². The molecule has 0 aliphatic heterocycles. The third kappa shape index (κ3) is 6.18. The number of nitrogens with zero attached hydrogens (tertiary/aromatic N) is 1. The van der Waals surface area contributed by atoms with E-state index in [2.05, 4.69) is 33.4 Å². The van der Waals surface area contributed by atoms with Gasteiger partial charge in [-0.2, -0.15) is 0 Å². The Morgan fingerprint density at radius 2 is 1.72 bits per heavy atom. The molecular weight excluding hydrogens is 380 g/mol. The van der Waals surface area contributed by atoms with Gasteiger partial charge in [0.25, 0.3) is 0 Å². The summed E-state index contributed by atoms with van der Waals surface area (Å²) in [6.45, 7) is 3.30. The minimum absolute atomic E-state index is 0.0492. The molecule has 5 heteroatoms.